The van der Waals surface area contributed by atoms with Gasteiger partial charge >= 0.3 is 0 Å². The van der Waals surface area contributed by atoms with Crippen molar-refractivity contribution in [1.29, 1.82) is 0 Å². The maximum absolute atomic E-state index is 5.92. The van der Waals surface area contributed by atoms with E-state index in [-0.39, 0.29) is 11.6 Å². The maximum atomic E-state index is 5.92. The number of hydrogen-bond donors (Lipinski definition) is 2. The Kier molecular flexibility index (Phi) is 6.67. The number of aromatic nitrogens is 4. The molecule has 7 heteroatoms. The predicted octanol–water partition coefficient (Wildman–Crippen LogP) is 2.88. The molecule has 28 heavy (non-hydrogen) atoms. The summed E-state index contributed by atoms with van der Waals surface area (Å²) in [5.74, 6) is 2.97. The number of rotatable bonds is 7. The number of nitrogens with zero attached hydrogens (tertiary/aromatic N) is 4. The van der Waals surface area contributed by atoms with E-state index in [4.69, 9.17) is 10.5 Å². The van der Waals surface area contributed by atoms with E-state index in [0.717, 1.165) is 30.2 Å². The van der Waals surface area contributed by atoms with E-state index in [2.05, 4.69) is 53.7 Å². The van der Waals surface area contributed by atoms with Crippen molar-refractivity contribution in [3.8, 4) is 5.75 Å². The van der Waals surface area contributed by atoms with Crippen LogP contribution in [0.25, 0.3) is 0 Å². The van der Waals surface area contributed by atoms with Crippen molar-refractivity contribution in [1.82, 2.24) is 25.5 Å². The highest BCUT2D eigenvalue weighted by Crippen LogP contribution is 2.30. The van der Waals surface area contributed by atoms with E-state index >= 15 is 0 Å². The van der Waals surface area contributed by atoms with Gasteiger partial charge < -0.3 is 15.8 Å². The molecular weight excluding hydrogens is 352 g/mol. The van der Waals surface area contributed by atoms with Gasteiger partial charge in [0.2, 0.25) is 0 Å². The zero-order valence-corrected chi connectivity index (χ0v) is 17.6. The van der Waals surface area contributed by atoms with Crippen molar-refractivity contribution >= 4 is 0 Å². The van der Waals surface area contributed by atoms with Crippen LogP contribution in [0.4, 0.5) is 0 Å². The second-order valence-electron chi connectivity index (χ2n) is 8.87. The van der Waals surface area contributed by atoms with Gasteiger partial charge in [0.25, 0.3) is 0 Å². The molecule has 1 aromatic carbocycles. The molecular formula is C21H34N6O. The number of tetrazole rings is 1. The van der Waals surface area contributed by atoms with Crippen LogP contribution in [0.1, 0.15) is 63.9 Å². The van der Waals surface area contributed by atoms with E-state index in [9.17, 15) is 0 Å². The Labute approximate surface area is 168 Å². The zero-order chi connectivity index (χ0) is 20.1. The SMILES string of the molecule is COc1ccc(C(NCC2CCCC(CN)C2)c2nnnn2C(C)(C)C)cc1. The standard InChI is InChI=1S/C21H34N6O/c1-21(2,3)27-20(24-25-26-27)19(17-8-10-18(28-4)11-9-17)23-14-16-7-5-6-15(12-16)13-22/h8-11,15-16,19,23H,5-7,12-14,22H2,1-4H3. The van der Waals surface area contributed by atoms with Crippen LogP contribution in [0.15, 0.2) is 24.3 Å². The maximum Gasteiger partial charge on any atom is 0.173 e. The van der Waals surface area contributed by atoms with Crippen LogP contribution < -0.4 is 15.8 Å². The Morgan fingerprint density at radius 3 is 2.57 bits per heavy atom. The van der Waals surface area contributed by atoms with Gasteiger partial charge in [-0.1, -0.05) is 18.6 Å². The fourth-order valence-corrected chi connectivity index (χ4v) is 4.09. The molecule has 3 rings (SSSR count). The summed E-state index contributed by atoms with van der Waals surface area (Å²) in [6, 6.07) is 8.07. The molecule has 1 saturated carbocycles. The molecule has 0 bridgehead atoms. The van der Waals surface area contributed by atoms with Gasteiger partial charge in [-0.3, -0.25) is 0 Å². The van der Waals surface area contributed by atoms with Gasteiger partial charge in [-0.2, -0.15) is 0 Å². The first-order valence-corrected chi connectivity index (χ1v) is 10.3. The summed E-state index contributed by atoms with van der Waals surface area (Å²) in [6.45, 7) is 8.08. The highest BCUT2D eigenvalue weighted by molar-refractivity contribution is 5.32. The van der Waals surface area contributed by atoms with Gasteiger partial charge in [-0.15, -0.1) is 5.10 Å². The van der Waals surface area contributed by atoms with Crippen molar-refractivity contribution in [2.45, 2.75) is 58.0 Å². The van der Waals surface area contributed by atoms with Crippen molar-refractivity contribution in [3.63, 3.8) is 0 Å². The molecule has 3 atom stereocenters. The topological polar surface area (TPSA) is 90.9 Å². The van der Waals surface area contributed by atoms with E-state index in [1.54, 1.807) is 7.11 Å². The van der Waals surface area contributed by atoms with Gasteiger partial charge in [-0.25, -0.2) is 4.68 Å². The third kappa shape index (κ3) is 4.89. The molecule has 1 fully saturated rings. The fourth-order valence-electron chi connectivity index (χ4n) is 4.09. The van der Waals surface area contributed by atoms with Gasteiger partial charge in [0.05, 0.1) is 18.7 Å². The largest absolute Gasteiger partial charge is 0.497 e. The number of methoxy groups -OCH3 is 1. The number of nitrogens with two attached hydrogens (primary N) is 1. The molecule has 0 radical (unpaired) electrons. The molecule has 1 heterocycles. The number of ether oxygens (including phenoxy) is 1. The molecule has 1 aromatic heterocycles. The summed E-state index contributed by atoms with van der Waals surface area (Å²) in [5.41, 5.74) is 6.86. The van der Waals surface area contributed by atoms with Gasteiger partial charge in [0.1, 0.15) is 5.75 Å². The Morgan fingerprint density at radius 1 is 1.21 bits per heavy atom. The summed E-state index contributed by atoms with van der Waals surface area (Å²) < 4.78 is 7.23. The Bertz CT molecular complexity index is 736. The number of hydrogen-bond acceptors (Lipinski definition) is 6. The van der Waals surface area contributed by atoms with E-state index in [1.165, 1.54) is 25.7 Å². The Balaban J connectivity index is 1.83. The molecule has 1 aliphatic carbocycles. The third-order valence-electron chi connectivity index (χ3n) is 5.67. The van der Waals surface area contributed by atoms with E-state index in [1.807, 2.05) is 16.8 Å². The minimum Gasteiger partial charge on any atom is -0.497 e. The zero-order valence-electron chi connectivity index (χ0n) is 17.6. The van der Waals surface area contributed by atoms with E-state index in [0.29, 0.717) is 11.8 Å². The monoisotopic (exact) mass is 386 g/mol. The van der Waals surface area contributed by atoms with Crippen molar-refractivity contribution in [3.05, 3.63) is 35.7 Å². The average molecular weight is 387 g/mol. The minimum absolute atomic E-state index is 0.0709. The van der Waals surface area contributed by atoms with E-state index < -0.39 is 0 Å². The normalized spacial score (nSPS) is 21.5. The molecule has 3 N–H and O–H groups in total. The summed E-state index contributed by atoms with van der Waals surface area (Å²) >= 11 is 0. The van der Waals surface area contributed by atoms with Crippen LogP contribution >= 0.6 is 0 Å². The lowest BCUT2D eigenvalue weighted by Crippen LogP contribution is -2.35. The lowest BCUT2D eigenvalue weighted by molar-refractivity contribution is 0.256. The van der Waals surface area contributed by atoms with Crippen LogP contribution in [0.5, 0.6) is 5.75 Å². The lowest BCUT2D eigenvalue weighted by atomic mass is 9.81. The highest BCUT2D eigenvalue weighted by atomic mass is 16.5. The first kappa shape index (κ1) is 20.7. The molecule has 0 amide bonds. The lowest BCUT2D eigenvalue weighted by Gasteiger charge is -2.30. The van der Waals surface area contributed by atoms with Crippen molar-refractivity contribution in [2.75, 3.05) is 20.2 Å². The second kappa shape index (κ2) is 9.01. The number of benzene rings is 1. The van der Waals surface area contributed by atoms with Crippen molar-refractivity contribution in [2.24, 2.45) is 17.6 Å². The molecule has 3 unspecified atom stereocenters. The summed E-state index contributed by atoms with van der Waals surface area (Å²) in [5, 5.41) is 16.4. The Morgan fingerprint density at radius 2 is 1.93 bits per heavy atom. The van der Waals surface area contributed by atoms with Crippen LogP contribution in [0.3, 0.4) is 0 Å². The molecule has 1 aliphatic rings. The first-order valence-electron chi connectivity index (χ1n) is 10.3. The Hall–Kier alpha value is -1.99. The first-order chi connectivity index (χ1) is 13.4. The van der Waals surface area contributed by atoms with Crippen LogP contribution in [-0.2, 0) is 5.54 Å². The number of nitrogens with one attached hydrogen (secondary N) is 1. The smallest absolute Gasteiger partial charge is 0.173 e. The molecule has 2 aromatic rings. The summed E-state index contributed by atoms with van der Waals surface area (Å²) in [6.07, 6.45) is 4.98. The highest BCUT2D eigenvalue weighted by Gasteiger charge is 2.28. The van der Waals surface area contributed by atoms with Crippen molar-refractivity contribution < 1.29 is 4.74 Å². The van der Waals surface area contributed by atoms with Crippen LogP contribution in [0, 0.1) is 11.8 Å². The van der Waals surface area contributed by atoms with Gasteiger partial charge in [0, 0.05) is 0 Å². The quantitative estimate of drug-likeness (QED) is 0.760. The molecule has 0 saturated heterocycles. The predicted molar refractivity (Wildman–Crippen MR) is 110 cm³/mol. The van der Waals surface area contributed by atoms with Gasteiger partial charge in [0.15, 0.2) is 5.82 Å². The summed E-state index contributed by atoms with van der Waals surface area (Å²) in [7, 11) is 1.68. The molecule has 7 nitrogen and oxygen atoms in total. The minimum atomic E-state index is -0.194. The van der Waals surface area contributed by atoms with Gasteiger partial charge in [-0.05, 0) is 93.1 Å². The van der Waals surface area contributed by atoms with Crippen LogP contribution in [-0.4, -0.2) is 40.4 Å². The van der Waals surface area contributed by atoms with Crippen LogP contribution in [0.2, 0.25) is 0 Å². The fraction of sp³-hybridized carbons (Fsp3) is 0.667. The molecule has 154 valence electrons. The second-order valence-corrected chi connectivity index (χ2v) is 8.87. The molecule has 0 spiro atoms. The third-order valence-corrected chi connectivity index (χ3v) is 5.67. The average Bonchev–Trinajstić information content (AvgIpc) is 3.19. The molecule has 0 aliphatic heterocycles. The summed E-state index contributed by atoms with van der Waals surface area (Å²) in [4.78, 5) is 0.